The monoisotopic (exact) mass is 233 g/mol. The van der Waals surface area contributed by atoms with Gasteiger partial charge in [-0.15, -0.1) is 0 Å². The lowest BCUT2D eigenvalue weighted by Gasteiger charge is -2.20. The molecule has 0 atom stereocenters. The summed E-state index contributed by atoms with van der Waals surface area (Å²) in [6.07, 6.45) is 2.61. The van der Waals surface area contributed by atoms with Gasteiger partial charge < -0.3 is 10.2 Å². The third kappa shape index (κ3) is 4.79. The largest absolute Gasteiger partial charge is 0.354 e. The Kier molecular flexibility index (Phi) is 5.37. The molecule has 92 valence electrons. The standard InChI is InChI=1S/C12H19N5/c1-10(2)17(3)8-4-6-14-12-15-7-5-11(9-13)16-12/h5,7,10H,4,6,8H2,1-3H3,(H,14,15,16). The Hall–Kier alpha value is -1.67. The maximum Gasteiger partial charge on any atom is 0.223 e. The van der Waals surface area contributed by atoms with E-state index < -0.39 is 0 Å². The van der Waals surface area contributed by atoms with Crippen molar-refractivity contribution in [3.05, 3.63) is 18.0 Å². The zero-order valence-corrected chi connectivity index (χ0v) is 10.6. The Morgan fingerprint density at radius 1 is 1.53 bits per heavy atom. The highest BCUT2D eigenvalue weighted by molar-refractivity contribution is 5.29. The van der Waals surface area contributed by atoms with E-state index in [2.05, 4.69) is 41.1 Å². The van der Waals surface area contributed by atoms with Crippen LogP contribution in [0.5, 0.6) is 0 Å². The summed E-state index contributed by atoms with van der Waals surface area (Å²) >= 11 is 0. The molecule has 0 amide bonds. The van der Waals surface area contributed by atoms with Crippen molar-refractivity contribution in [1.82, 2.24) is 14.9 Å². The maximum atomic E-state index is 8.69. The zero-order chi connectivity index (χ0) is 12.7. The van der Waals surface area contributed by atoms with E-state index in [0.29, 0.717) is 17.7 Å². The molecule has 0 bridgehead atoms. The van der Waals surface area contributed by atoms with Crippen LogP contribution in [0.3, 0.4) is 0 Å². The molecule has 5 heteroatoms. The second-order valence-electron chi connectivity index (χ2n) is 4.23. The van der Waals surface area contributed by atoms with Crippen molar-refractivity contribution >= 4 is 5.95 Å². The summed E-state index contributed by atoms with van der Waals surface area (Å²) < 4.78 is 0. The molecule has 1 aromatic heterocycles. The van der Waals surface area contributed by atoms with Crippen molar-refractivity contribution in [2.45, 2.75) is 26.3 Å². The summed E-state index contributed by atoms with van der Waals surface area (Å²) in [7, 11) is 2.11. The molecule has 0 aliphatic heterocycles. The van der Waals surface area contributed by atoms with Crippen molar-refractivity contribution in [3.63, 3.8) is 0 Å². The zero-order valence-electron chi connectivity index (χ0n) is 10.6. The van der Waals surface area contributed by atoms with Crippen LogP contribution in [0.2, 0.25) is 0 Å². The number of hydrogen-bond donors (Lipinski definition) is 1. The minimum absolute atomic E-state index is 0.391. The molecule has 0 radical (unpaired) electrons. The number of aromatic nitrogens is 2. The lowest BCUT2D eigenvalue weighted by atomic mass is 10.3. The molecule has 1 N–H and O–H groups in total. The second-order valence-corrected chi connectivity index (χ2v) is 4.23. The molecule has 0 unspecified atom stereocenters. The van der Waals surface area contributed by atoms with Gasteiger partial charge in [0.15, 0.2) is 0 Å². The van der Waals surface area contributed by atoms with E-state index in [-0.39, 0.29) is 0 Å². The number of nitrogens with zero attached hydrogens (tertiary/aromatic N) is 4. The van der Waals surface area contributed by atoms with Gasteiger partial charge in [-0.1, -0.05) is 0 Å². The van der Waals surface area contributed by atoms with Gasteiger partial charge in [-0.3, -0.25) is 0 Å². The summed E-state index contributed by atoms with van der Waals surface area (Å²) in [6, 6.07) is 4.15. The first kappa shape index (κ1) is 13.4. The molecule has 0 saturated heterocycles. The van der Waals surface area contributed by atoms with Crippen LogP contribution >= 0.6 is 0 Å². The average Bonchev–Trinajstić information content (AvgIpc) is 2.34. The molecular weight excluding hydrogens is 214 g/mol. The van der Waals surface area contributed by atoms with Gasteiger partial charge in [-0.05, 0) is 39.9 Å². The number of anilines is 1. The fraction of sp³-hybridized carbons (Fsp3) is 0.583. The molecular formula is C12H19N5. The second kappa shape index (κ2) is 6.81. The van der Waals surface area contributed by atoms with E-state index in [0.717, 1.165) is 19.5 Å². The first-order chi connectivity index (χ1) is 8.13. The predicted octanol–water partition coefficient (Wildman–Crippen LogP) is 1.49. The summed E-state index contributed by atoms with van der Waals surface area (Å²) in [5.74, 6) is 0.524. The van der Waals surface area contributed by atoms with E-state index in [4.69, 9.17) is 5.26 Å². The van der Waals surface area contributed by atoms with Crippen LogP contribution in [-0.4, -0.2) is 41.0 Å². The fourth-order valence-corrected chi connectivity index (χ4v) is 1.29. The Labute approximate surface area is 102 Å². The Morgan fingerprint density at radius 2 is 2.29 bits per heavy atom. The average molecular weight is 233 g/mol. The van der Waals surface area contributed by atoms with Crippen molar-refractivity contribution in [1.29, 1.82) is 5.26 Å². The highest BCUT2D eigenvalue weighted by Crippen LogP contribution is 2.00. The normalized spacial score (nSPS) is 10.6. The predicted molar refractivity (Wildman–Crippen MR) is 67.6 cm³/mol. The lowest BCUT2D eigenvalue weighted by Crippen LogP contribution is -2.28. The third-order valence-corrected chi connectivity index (χ3v) is 2.62. The summed E-state index contributed by atoms with van der Waals surface area (Å²) in [5.41, 5.74) is 0.391. The van der Waals surface area contributed by atoms with Crippen LogP contribution in [-0.2, 0) is 0 Å². The number of nitriles is 1. The molecule has 0 spiro atoms. The minimum Gasteiger partial charge on any atom is -0.354 e. The first-order valence-corrected chi connectivity index (χ1v) is 5.80. The quantitative estimate of drug-likeness (QED) is 0.754. The Bertz CT molecular complexity index is 383. The molecule has 5 nitrogen and oxygen atoms in total. The Balaban J connectivity index is 2.29. The number of rotatable bonds is 6. The van der Waals surface area contributed by atoms with Crippen LogP contribution in [0.25, 0.3) is 0 Å². The molecule has 0 aliphatic carbocycles. The van der Waals surface area contributed by atoms with Gasteiger partial charge in [-0.25, -0.2) is 9.97 Å². The van der Waals surface area contributed by atoms with Crippen molar-refractivity contribution < 1.29 is 0 Å². The summed E-state index contributed by atoms with van der Waals surface area (Å²) in [5, 5.41) is 11.8. The summed E-state index contributed by atoms with van der Waals surface area (Å²) in [6.45, 7) is 6.19. The Morgan fingerprint density at radius 3 is 2.94 bits per heavy atom. The van der Waals surface area contributed by atoms with Crippen LogP contribution < -0.4 is 5.32 Å². The van der Waals surface area contributed by atoms with Gasteiger partial charge in [0.2, 0.25) is 5.95 Å². The van der Waals surface area contributed by atoms with Gasteiger partial charge in [0.05, 0.1) is 0 Å². The van der Waals surface area contributed by atoms with Gasteiger partial charge in [0, 0.05) is 18.8 Å². The molecule has 1 heterocycles. The SMILES string of the molecule is CC(C)N(C)CCCNc1nccc(C#N)n1. The van der Waals surface area contributed by atoms with Gasteiger partial charge >= 0.3 is 0 Å². The van der Waals surface area contributed by atoms with Crippen LogP contribution in [0.1, 0.15) is 26.0 Å². The van der Waals surface area contributed by atoms with Crippen LogP contribution in [0, 0.1) is 11.3 Å². The van der Waals surface area contributed by atoms with E-state index >= 15 is 0 Å². The van der Waals surface area contributed by atoms with E-state index in [1.54, 1.807) is 12.3 Å². The van der Waals surface area contributed by atoms with E-state index in [9.17, 15) is 0 Å². The molecule has 17 heavy (non-hydrogen) atoms. The highest BCUT2D eigenvalue weighted by atomic mass is 15.1. The van der Waals surface area contributed by atoms with E-state index in [1.165, 1.54) is 0 Å². The molecule has 0 aromatic carbocycles. The smallest absolute Gasteiger partial charge is 0.223 e. The third-order valence-electron chi connectivity index (χ3n) is 2.62. The first-order valence-electron chi connectivity index (χ1n) is 5.80. The fourth-order valence-electron chi connectivity index (χ4n) is 1.29. The molecule has 0 saturated carbocycles. The van der Waals surface area contributed by atoms with Gasteiger partial charge in [-0.2, -0.15) is 5.26 Å². The maximum absolute atomic E-state index is 8.69. The molecule has 0 fully saturated rings. The van der Waals surface area contributed by atoms with Crippen LogP contribution in [0.4, 0.5) is 5.95 Å². The van der Waals surface area contributed by atoms with Crippen molar-refractivity contribution in [3.8, 4) is 6.07 Å². The summed E-state index contributed by atoms with van der Waals surface area (Å²) in [4.78, 5) is 10.4. The molecule has 1 aromatic rings. The van der Waals surface area contributed by atoms with Gasteiger partial charge in [0.1, 0.15) is 11.8 Å². The van der Waals surface area contributed by atoms with Crippen LogP contribution in [0.15, 0.2) is 12.3 Å². The lowest BCUT2D eigenvalue weighted by molar-refractivity contribution is 0.273. The molecule has 0 aliphatic rings. The van der Waals surface area contributed by atoms with Crippen molar-refractivity contribution in [2.24, 2.45) is 0 Å². The van der Waals surface area contributed by atoms with Crippen molar-refractivity contribution in [2.75, 3.05) is 25.5 Å². The van der Waals surface area contributed by atoms with E-state index in [1.807, 2.05) is 6.07 Å². The topological polar surface area (TPSA) is 64.8 Å². The minimum atomic E-state index is 0.391. The highest BCUT2D eigenvalue weighted by Gasteiger charge is 2.02. The number of nitrogens with one attached hydrogen (secondary N) is 1. The molecule has 1 rings (SSSR count). The van der Waals surface area contributed by atoms with Gasteiger partial charge in [0.25, 0.3) is 0 Å². The number of hydrogen-bond acceptors (Lipinski definition) is 5.